The van der Waals surface area contributed by atoms with E-state index in [1.54, 1.807) is 23.9 Å². The van der Waals surface area contributed by atoms with Crippen LogP contribution in [0.2, 0.25) is 20.3 Å². The van der Waals surface area contributed by atoms with Gasteiger partial charge in [0.1, 0.15) is 0 Å². The number of aliphatic hydroxyl groups excluding tert-OH is 2. The monoisotopic (exact) mass is 617 g/mol. The number of furan rings is 1. The zero-order chi connectivity index (χ0) is 28.3. The minimum Gasteiger partial charge on any atom is -0.439 e. The maximum atomic E-state index is 13.3. The lowest BCUT2D eigenvalue weighted by atomic mass is 9.81. The Morgan fingerprint density at radius 2 is 1.97 bits per heavy atom. The van der Waals surface area contributed by atoms with Crippen molar-refractivity contribution in [3.05, 3.63) is 62.1 Å². The molecule has 0 spiro atoms. The zero-order valence-corrected chi connectivity index (χ0v) is 23.8. The van der Waals surface area contributed by atoms with Crippen LogP contribution in [0.3, 0.4) is 0 Å². The van der Waals surface area contributed by atoms with Crippen molar-refractivity contribution in [2.24, 2.45) is 7.05 Å². The van der Waals surface area contributed by atoms with E-state index in [1.165, 1.54) is 12.3 Å². The van der Waals surface area contributed by atoms with Gasteiger partial charge in [-0.1, -0.05) is 40.9 Å². The molecule has 0 radical (unpaired) electrons. The molecule has 1 fully saturated rings. The van der Waals surface area contributed by atoms with E-state index in [2.05, 4.69) is 21.0 Å². The van der Waals surface area contributed by atoms with Gasteiger partial charge in [-0.25, -0.2) is 0 Å². The summed E-state index contributed by atoms with van der Waals surface area (Å²) in [5.41, 5.74) is 1.86. The molecule has 4 rings (SSSR count). The molecule has 14 heteroatoms. The molecular formula is C25H27Cl4N5O5. The van der Waals surface area contributed by atoms with Gasteiger partial charge in [-0.05, 0) is 42.1 Å². The van der Waals surface area contributed by atoms with Crippen LogP contribution in [0.15, 0.2) is 34.9 Å². The molecule has 0 bridgehead atoms. The number of rotatable bonds is 9. The number of nitrogens with zero attached hydrogens (tertiary/aromatic N) is 2. The molecule has 1 saturated heterocycles. The number of hydrogen-bond donors (Lipinski definition) is 5. The van der Waals surface area contributed by atoms with E-state index in [4.69, 9.17) is 55.9 Å². The second-order valence-corrected chi connectivity index (χ2v) is 10.8. The number of benzene rings is 1. The number of carbonyl (C=O) groups is 2. The van der Waals surface area contributed by atoms with Crippen LogP contribution in [0.25, 0.3) is 11.3 Å². The molecule has 1 aromatic carbocycles. The van der Waals surface area contributed by atoms with Crippen molar-refractivity contribution < 1.29 is 24.2 Å². The Labute approximate surface area is 244 Å². The highest BCUT2D eigenvalue weighted by Gasteiger charge is 2.34. The van der Waals surface area contributed by atoms with Crippen molar-refractivity contribution in [2.45, 2.75) is 36.9 Å². The highest BCUT2D eigenvalue weighted by Crippen LogP contribution is 2.36. The molecule has 39 heavy (non-hydrogen) atoms. The average Bonchev–Trinajstić information content (AvgIpc) is 3.46. The third kappa shape index (κ3) is 6.89. The number of hydrogen-bond acceptors (Lipinski definition) is 7. The lowest BCUT2D eigenvalue weighted by Crippen LogP contribution is -2.54. The summed E-state index contributed by atoms with van der Waals surface area (Å²) in [4.78, 5) is 25.0. The largest absolute Gasteiger partial charge is 0.439 e. The maximum Gasteiger partial charge on any atom is 0.287 e. The summed E-state index contributed by atoms with van der Waals surface area (Å²) in [6.45, 7) is 0.0676. The topological polar surface area (TPSA) is 142 Å². The molecule has 2 amide bonds. The van der Waals surface area contributed by atoms with Crippen LogP contribution in [0.5, 0.6) is 0 Å². The Kier molecular flexibility index (Phi) is 9.82. The van der Waals surface area contributed by atoms with Crippen molar-refractivity contribution in [3.63, 3.8) is 0 Å². The Morgan fingerprint density at radius 3 is 2.64 bits per heavy atom. The first-order valence-electron chi connectivity index (χ1n) is 12.1. The average molecular weight is 619 g/mol. The standard InChI is InChI=1S/C25H27Cl4N5O5/c1-34-22(18(28)9-32-34)15-8-21(39-23(15)29)25(38)33-19-10-31-13(4-5-30-24(37)20(36)11-35)7-14(19)12-2-3-16(26)17(27)6-12/h2-3,6,8-9,13-14,19-20,31,35-36H,4-5,7,10-11H2,1H3,(H,30,37)(H,33,38)/t13?,14-,19+,20?/m0/s1. The van der Waals surface area contributed by atoms with Crippen LogP contribution in [0.4, 0.5) is 0 Å². The SMILES string of the molecule is Cn1ncc(Cl)c1-c1cc(C(=O)N[C@@H]2CNC(CCNC(=O)C(O)CO)C[C@H]2c2ccc(Cl)c(Cl)c2)oc1Cl. The van der Waals surface area contributed by atoms with Gasteiger partial charge < -0.3 is 30.6 Å². The highest BCUT2D eigenvalue weighted by atomic mass is 35.5. The summed E-state index contributed by atoms with van der Waals surface area (Å²) < 4.78 is 7.11. The number of halogens is 4. The number of carbonyl (C=O) groups excluding carboxylic acids is 2. The number of aryl methyl sites for hydroxylation is 1. The van der Waals surface area contributed by atoms with Crippen molar-refractivity contribution in [2.75, 3.05) is 19.7 Å². The lowest BCUT2D eigenvalue weighted by Gasteiger charge is -2.38. The van der Waals surface area contributed by atoms with Crippen LogP contribution >= 0.6 is 46.4 Å². The smallest absolute Gasteiger partial charge is 0.287 e. The summed E-state index contributed by atoms with van der Waals surface area (Å²) in [7, 11) is 1.70. The number of amides is 2. The van der Waals surface area contributed by atoms with Crippen LogP contribution < -0.4 is 16.0 Å². The third-order valence-electron chi connectivity index (χ3n) is 6.67. The summed E-state index contributed by atoms with van der Waals surface area (Å²) in [6, 6.07) is 6.53. The fourth-order valence-electron chi connectivity index (χ4n) is 4.64. The van der Waals surface area contributed by atoms with E-state index in [0.29, 0.717) is 52.3 Å². The third-order valence-corrected chi connectivity index (χ3v) is 7.96. The van der Waals surface area contributed by atoms with Crippen molar-refractivity contribution >= 4 is 58.2 Å². The van der Waals surface area contributed by atoms with Gasteiger partial charge >= 0.3 is 0 Å². The fraction of sp³-hybridized carbons (Fsp3) is 0.400. The number of piperidine rings is 1. The van der Waals surface area contributed by atoms with E-state index in [1.807, 2.05) is 6.07 Å². The number of aromatic nitrogens is 2. The van der Waals surface area contributed by atoms with Gasteiger partial charge in [-0.15, -0.1) is 0 Å². The summed E-state index contributed by atoms with van der Waals surface area (Å²) in [5.74, 6) is -1.22. The van der Waals surface area contributed by atoms with Crippen molar-refractivity contribution in [3.8, 4) is 11.3 Å². The molecule has 0 aliphatic carbocycles. The second-order valence-electron chi connectivity index (χ2n) is 9.24. The molecular weight excluding hydrogens is 592 g/mol. The Hall–Kier alpha value is -2.31. The highest BCUT2D eigenvalue weighted by molar-refractivity contribution is 6.42. The van der Waals surface area contributed by atoms with E-state index in [9.17, 15) is 14.7 Å². The predicted octanol–water partition coefficient (Wildman–Crippen LogP) is 3.40. The van der Waals surface area contributed by atoms with E-state index >= 15 is 0 Å². The molecule has 2 unspecified atom stereocenters. The minimum absolute atomic E-state index is 0.0131. The molecule has 10 nitrogen and oxygen atoms in total. The van der Waals surface area contributed by atoms with Crippen LogP contribution in [-0.4, -0.2) is 69.7 Å². The summed E-state index contributed by atoms with van der Waals surface area (Å²) >= 11 is 25.0. The van der Waals surface area contributed by atoms with Gasteiger partial charge in [-0.3, -0.25) is 14.3 Å². The Morgan fingerprint density at radius 1 is 1.21 bits per heavy atom. The van der Waals surface area contributed by atoms with E-state index < -0.39 is 24.5 Å². The van der Waals surface area contributed by atoms with Gasteiger partial charge in [-0.2, -0.15) is 5.10 Å². The predicted molar refractivity (Wildman–Crippen MR) is 149 cm³/mol. The molecule has 3 aromatic rings. The molecule has 4 atom stereocenters. The molecule has 210 valence electrons. The maximum absolute atomic E-state index is 13.3. The second kappa shape index (κ2) is 12.9. The Bertz CT molecular complexity index is 1330. The van der Waals surface area contributed by atoms with Crippen LogP contribution in [0.1, 0.15) is 34.9 Å². The number of nitrogens with one attached hydrogen (secondary N) is 3. The van der Waals surface area contributed by atoms with E-state index in [0.717, 1.165) is 5.56 Å². The van der Waals surface area contributed by atoms with E-state index in [-0.39, 0.29) is 29.0 Å². The normalized spacial score (nSPS) is 20.0. The van der Waals surface area contributed by atoms with Gasteiger partial charge in [0.15, 0.2) is 11.9 Å². The van der Waals surface area contributed by atoms with Gasteiger partial charge in [0.25, 0.3) is 11.8 Å². The molecule has 3 heterocycles. The van der Waals surface area contributed by atoms with Crippen LogP contribution in [0, 0.1) is 0 Å². The first kappa shape index (κ1) is 29.7. The molecule has 0 saturated carbocycles. The minimum atomic E-state index is -1.46. The first-order valence-corrected chi connectivity index (χ1v) is 13.6. The van der Waals surface area contributed by atoms with Crippen molar-refractivity contribution in [1.29, 1.82) is 0 Å². The summed E-state index contributed by atoms with van der Waals surface area (Å²) in [5, 5.41) is 32.7. The quantitative estimate of drug-likeness (QED) is 0.247. The molecule has 1 aliphatic rings. The Balaban J connectivity index is 1.50. The van der Waals surface area contributed by atoms with Crippen LogP contribution in [-0.2, 0) is 11.8 Å². The molecule has 5 N–H and O–H groups in total. The fourth-order valence-corrected chi connectivity index (χ4v) is 5.44. The molecule has 1 aliphatic heterocycles. The number of aliphatic hydroxyl groups is 2. The molecule has 2 aromatic heterocycles. The zero-order valence-electron chi connectivity index (χ0n) is 20.8. The van der Waals surface area contributed by atoms with Gasteiger partial charge in [0.05, 0.1) is 39.1 Å². The van der Waals surface area contributed by atoms with Crippen molar-refractivity contribution in [1.82, 2.24) is 25.7 Å². The first-order chi connectivity index (χ1) is 18.6. The summed E-state index contributed by atoms with van der Waals surface area (Å²) in [6.07, 6.45) is 1.19. The van der Waals surface area contributed by atoms with Gasteiger partial charge in [0, 0.05) is 44.2 Å². The lowest BCUT2D eigenvalue weighted by molar-refractivity contribution is -0.131. The van der Waals surface area contributed by atoms with Gasteiger partial charge in [0.2, 0.25) is 5.22 Å².